The SMILES string of the molecule is C=CCc1ccc(-c2cccc3cc(C=CCCCC(C)OCCCCC)ccc23)nc1. The number of hydrogen-bond donors (Lipinski definition) is 0. The molecular weight excluding hydrogens is 390 g/mol. The number of rotatable bonds is 13. The lowest BCUT2D eigenvalue weighted by Gasteiger charge is -2.12. The lowest BCUT2D eigenvalue weighted by Crippen LogP contribution is -2.08. The summed E-state index contributed by atoms with van der Waals surface area (Å²) in [6.45, 7) is 9.12. The van der Waals surface area contributed by atoms with Gasteiger partial charge in [0.2, 0.25) is 0 Å². The molecule has 1 aromatic heterocycles. The summed E-state index contributed by atoms with van der Waals surface area (Å²) in [5.41, 5.74) is 4.62. The number of fused-ring (bicyclic) bond motifs is 1. The Hall–Kier alpha value is -2.71. The van der Waals surface area contributed by atoms with E-state index in [1.54, 1.807) is 0 Å². The number of unbranched alkanes of at least 4 members (excludes halogenated alkanes) is 3. The molecule has 0 fully saturated rings. The van der Waals surface area contributed by atoms with Gasteiger partial charge in [-0.25, -0.2) is 0 Å². The minimum absolute atomic E-state index is 0.360. The summed E-state index contributed by atoms with van der Waals surface area (Å²) in [6, 6.07) is 17.4. The third-order valence-electron chi connectivity index (χ3n) is 5.83. The fourth-order valence-electron chi connectivity index (χ4n) is 3.96. The number of hydrogen-bond acceptors (Lipinski definition) is 2. The molecule has 0 aliphatic carbocycles. The van der Waals surface area contributed by atoms with Crippen LogP contribution in [0.15, 0.2) is 73.5 Å². The van der Waals surface area contributed by atoms with E-state index in [0.29, 0.717) is 6.10 Å². The molecule has 0 spiro atoms. The molecule has 0 radical (unpaired) electrons. The molecule has 3 rings (SSSR count). The molecule has 2 nitrogen and oxygen atoms in total. The van der Waals surface area contributed by atoms with Crippen molar-refractivity contribution in [2.75, 3.05) is 6.61 Å². The molecule has 0 saturated heterocycles. The topological polar surface area (TPSA) is 22.1 Å². The van der Waals surface area contributed by atoms with Crippen LogP contribution >= 0.6 is 0 Å². The van der Waals surface area contributed by atoms with Gasteiger partial charge in [-0.05, 0) is 73.1 Å². The summed E-state index contributed by atoms with van der Waals surface area (Å²) < 4.78 is 5.89. The van der Waals surface area contributed by atoms with E-state index < -0.39 is 0 Å². The Morgan fingerprint density at radius 3 is 2.75 bits per heavy atom. The smallest absolute Gasteiger partial charge is 0.0708 e. The Morgan fingerprint density at radius 2 is 1.97 bits per heavy atom. The van der Waals surface area contributed by atoms with Crippen molar-refractivity contribution < 1.29 is 4.74 Å². The molecule has 2 aromatic carbocycles. The lowest BCUT2D eigenvalue weighted by molar-refractivity contribution is 0.0566. The third kappa shape index (κ3) is 7.17. The second-order valence-corrected chi connectivity index (χ2v) is 8.55. The van der Waals surface area contributed by atoms with Crippen molar-refractivity contribution in [3.8, 4) is 11.3 Å². The standard InChI is InChI=1S/C30H37NO/c1-4-6-10-21-32-24(3)13-8-7-9-14-25-17-19-28-27(22-25)15-11-16-29(28)30-20-18-26(12-5-2)23-31-30/h5,9,11,14-20,22-24H,2,4,6-8,10,12-13,21H2,1,3H3. The maximum absolute atomic E-state index is 5.89. The highest BCUT2D eigenvalue weighted by Crippen LogP contribution is 2.28. The predicted octanol–water partition coefficient (Wildman–Crippen LogP) is 8.41. The molecule has 1 atom stereocenters. The van der Waals surface area contributed by atoms with Crippen LogP contribution < -0.4 is 0 Å². The quantitative estimate of drug-likeness (QED) is 0.202. The average Bonchev–Trinajstić information content (AvgIpc) is 2.82. The Morgan fingerprint density at radius 1 is 1.06 bits per heavy atom. The second-order valence-electron chi connectivity index (χ2n) is 8.55. The van der Waals surface area contributed by atoms with E-state index >= 15 is 0 Å². The molecular formula is C30H37NO. The highest BCUT2D eigenvalue weighted by molar-refractivity contribution is 5.96. The second kappa shape index (κ2) is 13.0. The molecule has 0 amide bonds. The van der Waals surface area contributed by atoms with Crippen molar-refractivity contribution >= 4 is 16.8 Å². The molecule has 0 saturated carbocycles. The number of allylic oxidation sites excluding steroid dienone is 2. The van der Waals surface area contributed by atoms with Gasteiger partial charge in [0, 0.05) is 18.4 Å². The molecule has 1 unspecified atom stereocenters. The highest BCUT2D eigenvalue weighted by atomic mass is 16.5. The first-order valence-corrected chi connectivity index (χ1v) is 12.1. The van der Waals surface area contributed by atoms with Gasteiger partial charge >= 0.3 is 0 Å². The summed E-state index contributed by atoms with van der Waals surface area (Å²) in [5.74, 6) is 0. The molecule has 0 bridgehead atoms. The van der Waals surface area contributed by atoms with Gasteiger partial charge in [-0.3, -0.25) is 4.98 Å². The molecule has 0 aliphatic heterocycles. The zero-order valence-electron chi connectivity index (χ0n) is 19.7. The average molecular weight is 428 g/mol. The fourth-order valence-corrected chi connectivity index (χ4v) is 3.96. The number of ether oxygens (including phenoxy) is 1. The number of nitrogens with zero attached hydrogens (tertiary/aromatic N) is 1. The normalized spacial score (nSPS) is 12.4. The van der Waals surface area contributed by atoms with Crippen LogP contribution in [0.4, 0.5) is 0 Å². The van der Waals surface area contributed by atoms with Crippen molar-refractivity contribution in [2.24, 2.45) is 0 Å². The van der Waals surface area contributed by atoms with Crippen LogP contribution in [-0.2, 0) is 11.2 Å². The Balaban J connectivity index is 1.57. The van der Waals surface area contributed by atoms with E-state index in [4.69, 9.17) is 4.74 Å². The van der Waals surface area contributed by atoms with Crippen LogP contribution in [0.25, 0.3) is 28.1 Å². The number of benzene rings is 2. The van der Waals surface area contributed by atoms with Crippen LogP contribution in [0.3, 0.4) is 0 Å². The van der Waals surface area contributed by atoms with Gasteiger partial charge in [-0.15, -0.1) is 6.58 Å². The van der Waals surface area contributed by atoms with Crippen LogP contribution in [0.1, 0.15) is 63.5 Å². The van der Waals surface area contributed by atoms with Crippen molar-refractivity contribution in [3.05, 3.63) is 84.6 Å². The van der Waals surface area contributed by atoms with E-state index in [0.717, 1.165) is 38.0 Å². The van der Waals surface area contributed by atoms with E-state index in [1.807, 2.05) is 12.3 Å². The molecule has 2 heteroatoms. The highest BCUT2D eigenvalue weighted by Gasteiger charge is 2.06. The minimum Gasteiger partial charge on any atom is -0.379 e. The first kappa shape index (κ1) is 23.9. The van der Waals surface area contributed by atoms with Crippen molar-refractivity contribution in [1.82, 2.24) is 4.98 Å². The van der Waals surface area contributed by atoms with Gasteiger partial charge in [-0.1, -0.05) is 74.4 Å². The molecule has 0 N–H and O–H groups in total. The van der Waals surface area contributed by atoms with Crippen LogP contribution in [0, 0.1) is 0 Å². The molecule has 32 heavy (non-hydrogen) atoms. The Kier molecular flexibility index (Phi) is 9.71. The summed E-state index contributed by atoms with van der Waals surface area (Å²) in [6.07, 6.45) is 16.7. The van der Waals surface area contributed by atoms with E-state index in [1.165, 1.54) is 46.7 Å². The fraction of sp³-hybridized carbons (Fsp3) is 0.367. The largest absolute Gasteiger partial charge is 0.379 e. The maximum Gasteiger partial charge on any atom is 0.0708 e. The molecule has 0 aliphatic rings. The summed E-state index contributed by atoms with van der Waals surface area (Å²) in [7, 11) is 0. The first-order valence-electron chi connectivity index (χ1n) is 12.1. The molecule has 3 aromatic rings. The zero-order valence-corrected chi connectivity index (χ0v) is 19.7. The van der Waals surface area contributed by atoms with Crippen molar-refractivity contribution in [2.45, 2.75) is 64.9 Å². The van der Waals surface area contributed by atoms with E-state index in [9.17, 15) is 0 Å². The van der Waals surface area contributed by atoms with E-state index in [-0.39, 0.29) is 0 Å². The van der Waals surface area contributed by atoms with Gasteiger partial charge < -0.3 is 4.74 Å². The van der Waals surface area contributed by atoms with Gasteiger partial charge in [0.15, 0.2) is 0 Å². The van der Waals surface area contributed by atoms with Gasteiger partial charge in [0.25, 0.3) is 0 Å². The summed E-state index contributed by atoms with van der Waals surface area (Å²) in [4.78, 5) is 4.68. The zero-order chi connectivity index (χ0) is 22.6. The van der Waals surface area contributed by atoms with E-state index in [2.05, 4.69) is 86.1 Å². The van der Waals surface area contributed by atoms with Gasteiger partial charge in [-0.2, -0.15) is 0 Å². The summed E-state index contributed by atoms with van der Waals surface area (Å²) in [5, 5.41) is 2.48. The van der Waals surface area contributed by atoms with Gasteiger partial charge in [0.1, 0.15) is 0 Å². The third-order valence-corrected chi connectivity index (χ3v) is 5.83. The number of aromatic nitrogens is 1. The van der Waals surface area contributed by atoms with Crippen LogP contribution in [-0.4, -0.2) is 17.7 Å². The van der Waals surface area contributed by atoms with Gasteiger partial charge in [0.05, 0.1) is 11.8 Å². The Labute approximate surface area is 194 Å². The molecule has 168 valence electrons. The lowest BCUT2D eigenvalue weighted by atomic mass is 9.99. The first-order chi connectivity index (χ1) is 15.7. The number of pyridine rings is 1. The minimum atomic E-state index is 0.360. The Bertz CT molecular complexity index is 1000. The van der Waals surface area contributed by atoms with Crippen LogP contribution in [0.2, 0.25) is 0 Å². The maximum atomic E-state index is 5.89. The predicted molar refractivity (Wildman–Crippen MR) is 139 cm³/mol. The van der Waals surface area contributed by atoms with Crippen molar-refractivity contribution in [1.29, 1.82) is 0 Å². The molecule has 1 heterocycles. The monoisotopic (exact) mass is 427 g/mol. The van der Waals surface area contributed by atoms with Crippen molar-refractivity contribution in [3.63, 3.8) is 0 Å². The summed E-state index contributed by atoms with van der Waals surface area (Å²) >= 11 is 0. The van der Waals surface area contributed by atoms with Crippen LogP contribution in [0.5, 0.6) is 0 Å².